The molecule has 0 unspecified atom stereocenters. The number of nitrogens with zero attached hydrogens (tertiary/aromatic N) is 2. The van der Waals surface area contributed by atoms with Gasteiger partial charge in [-0.15, -0.1) is 0 Å². The first-order valence-electron chi connectivity index (χ1n) is 9.04. The first-order chi connectivity index (χ1) is 12.9. The van der Waals surface area contributed by atoms with Gasteiger partial charge in [0, 0.05) is 43.0 Å². The van der Waals surface area contributed by atoms with Crippen molar-refractivity contribution in [3.63, 3.8) is 0 Å². The molecular formula is C20H25N5O2. The third-order valence-corrected chi connectivity index (χ3v) is 4.72. The number of aromatic amines is 2. The lowest BCUT2D eigenvalue weighted by Crippen LogP contribution is -2.33. The number of hydrogen-bond donors (Lipinski definition) is 3. The Bertz CT molecular complexity index is 991. The Morgan fingerprint density at radius 2 is 2.00 bits per heavy atom. The number of aryl methyl sites for hydroxylation is 1. The average Bonchev–Trinajstić information content (AvgIpc) is 2.99. The summed E-state index contributed by atoms with van der Waals surface area (Å²) >= 11 is 0. The van der Waals surface area contributed by atoms with Crippen LogP contribution in [-0.2, 0) is 11.2 Å². The van der Waals surface area contributed by atoms with Crippen molar-refractivity contribution in [2.24, 2.45) is 0 Å². The predicted molar refractivity (Wildman–Crippen MR) is 107 cm³/mol. The summed E-state index contributed by atoms with van der Waals surface area (Å²) < 4.78 is 0. The number of aromatic nitrogens is 3. The summed E-state index contributed by atoms with van der Waals surface area (Å²) in [6.07, 6.45) is 3.07. The van der Waals surface area contributed by atoms with Crippen LogP contribution in [-0.4, -0.2) is 45.4 Å². The van der Waals surface area contributed by atoms with E-state index in [1.54, 1.807) is 18.2 Å². The van der Waals surface area contributed by atoms with E-state index in [0.717, 1.165) is 17.6 Å². The number of rotatable bonds is 7. The van der Waals surface area contributed by atoms with Gasteiger partial charge in [-0.3, -0.25) is 9.78 Å². The maximum Gasteiger partial charge on any atom is 0.323 e. The highest BCUT2D eigenvalue weighted by molar-refractivity contribution is 5.93. The molecule has 1 amide bonds. The number of likely N-dealkylation sites (N-methyl/N-ethyl adjacent to an activating group) is 1. The fourth-order valence-electron chi connectivity index (χ4n) is 3.00. The second-order valence-electron chi connectivity index (χ2n) is 7.00. The Balaban J connectivity index is 1.50. The lowest BCUT2D eigenvalue weighted by atomic mass is 10.1. The normalized spacial score (nSPS) is 12.4. The highest BCUT2D eigenvalue weighted by Gasteiger charge is 2.13. The Morgan fingerprint density at radius 1 is 1.22 bits per heavy atom. The van der Waals surface area contributed by atoms with Gasteiger partial charge in [-0.05, 0) is 56.8 Å². The van der Waals surface area contributed by atoms with Crippen LogP contribution in [0.2, 0.25) is 0 Å². The fraction of sp³-hybridized carbons (Fsp3) is 0.350. The van der Waals surface area contributed by atoms with Crippen molar-refractivity contribution in [3.05, 3.63) is 58.3 Å². The summed E-state index contributed by atoms with van der Waals surface area (Å²) in [5, 5.41) is 2.88. The molecule has 0 radical (unpaired) electrons. The zero-order valence-corrected chi connectivity index (χ0v) is 15.9. The molecule has 0 saturated carbocycles. The van der Waals surface area contributed by atoms with E-state index in [0.29, 0.717) is 24.2 Å². The summed E-state index contributed by atoms with van der Waals surface area (Å²) in [7, 11) is 2.02. The van der Waals surface area contributed by atoms with Crippen molar-refractivity contribution in [2.45, 2.75) is 32.7 Å². The molecule has 2 heterocycles. The molecule has 0 aliphatic carbocycles. The lowest BCUT2D eigenvalue weighted by molar-refractivity contribution is -0.116. The molecule has 0 bridgehead atoms. The number of pyridine rings is 1. The van der Waals surface area contributed by atoms with Gasteiger partial charge in [0.05, 0.1) is 11.0 Å². The molecule has 7 heteroatoms. The van der Waals surface area contributed by atoms with Crippen LogP contribution >= 0.6 is 0 Å². The Morgan fingerprint density at radius 3 is 2.78 bits per heavy atom. The number of H-pyrrole nitrogens is 2. The minimum Gasteiger partial charge on any atom is -0.326 e. The Labute approximate surface area is 157 Å². The molecule has 0 saturated heterocycles. The zero-order valence-electron chi connectivity index (χ0n) is 15.9. The first-order valence-corrected chi connectivity index (χ1v) is 9.04. The number of benzene rings is 1. The smallest absolute Gasteiger partial charge is 0.323 e. The molecule has 7 nitrogen and oxygen atoms in total. The quantitative estimate of drug-likeness (QED) is 0.598. The van der Waals surface area contributed by atoms with Gasteiger partial charge >= 0.3 is 5.69 Å². The third kappa shape index (κ3) is 5.04. The summed E-state index contributed by atoms with van der Waals surface area (Å²) in [6.45, 7) is 4.85. The van der Waals surface area contributed by atoms with Crippen LogP contribution in [0.3, 0.4) is 0 Å². The number of imidazole rings is 1. The van der Waals surface area contributed by atoms with Crippen LogP contribution in [0.4, 0.5) is 5.69 Å². The molecule has 0 aliphatic rings. The van der Waals surface area contributed by atoms with Crippen LogP contribution in [0.1, 0.15) is 24.6 Å². The number of carbonyl (C=O) groups excluding carboxylic acids is 1. The minimum atomic E-state index is -0.257. The van der Waals surface area contributed by atoms with Crippen molar-refractivity contribution in [2.75, 3.05) is 18.9 Å². The van der Waals surface area contributed by atoms with Crippen molar-refractivity contribution in [1.82, 2.24) is 19.9 Å². The lowest BCUT2D eigenvalue weighted by Gasteiger charge is -2.24. The van der Waals surface area contributed by atoms with Gasteiger partial charge in [0.1, 0.15) is 0 Å². The molecule has 142 valence electrons. The van der Waals surface area contributed by atoms with Gasteiger partial charge in [0.2, 0.25) is 5.91 Å². The molecule has 1 aromatic carbocycles. The highest BCUT2D eigenvalue weighted by Crippen LogP contribution is 2.15. The van der Waals surface area contributed by atoms with E-state index >= 15 is 0 Å². The van der Waals surface area contributed by atoms with E-state index < -0.39 is 0 Å². The van der Waals surface area contributed by atoms with E-state index in [2.05, 4.69) is 45.1 Å². The largest absolute Gasteiger partial charge is 0.326 e. The van der Waals surface area contributed by atoms with Gasteiger partial charge in [-0.1, -0.05) is 0 Å². The molecule has 2 aromatic heterocycles. The zero-order chi connectivity index (χ0) is 19.4. The maximum absolute atomic E-state index is 12.3. The summed E-state index contributed by atoms with van der Waals surface area (Å²) in [6, 6.07) is 9.67. The molecule has 27 heavy (non-hydrogen) atoms. The SMILES string of the molecule is Cc1ccnc(C[C@H](C)N(C)CCC(=O)Nc2ccc3[nH]c(=O)[nH]c3c2)c1. The van der Waals surface area contributed by atoms with E-state index in [9.17, 15) is 9.59 Å². The molecule has 0 fully saturated rings. The summed E-state index contributed by atoms with van der Waals surface area (Å²) in [5.41, 5.74) is 4.07. The van der Waals surface area contributed by atoms with Crippen molar-refractivity contribution < 1.29 is 4.79 Å². The molecule has 3 N–H and O–H groups in total. The van der Waals surface area contributed by atoms with Gasteiger partial charge in [0.15, 0.2) is 0 Å². The molecule has 3 rings (SSSR count). The minimum absolute atomic E-state index is 0.0556. The van der Waals surface area contributed by atoms with Crippen molar-refractivity contribution >= 4 is 22.6 Å². The fourth-order valence-corrected chi connectivity index (χ4v) is 3.00. The van der Waals surface area contributed by atoms with Crippen LogP contribution in [0.25, 0.3) is 11.0 Å². The Kier molecular flexibility index (Phi) is 5.71. The standard InChI is InChI=1S/C20H25N5O2/c1-13-6-8-21-16(10-13)11-14(2)25(3)9-7-19(26)22-15-4-5-17-18(12-15)24-20(27)23-17/h4-6,8,10,12,14H,7,9,11H2,1-3H3,(H,22,26)(H2,23,24,27)/t14-/m0/s1. The van der Waals surface area contributed by atoms with Crippen LogP contribution in [0.15, 0.2) is 41.3 Å². The van der Waals surface area contributed by atoms with Crippen molar-refractivity contribution in [3.8, 4) is 0 Å². The third-order valence-electron chi connectivity index (χ3n) is 4.72. The van der Waals surface area contributed by atoms with Crippen molar-refractivity contribution in [1.29, 1.82) is 0 Å². The maximum atomic E-state index is 12.3. The summed E-state index contributed by atoms with van der Waals surface area (Å²) in [4.78, 5) is 35.5. The molecule has 0 aliphatic heterocycles. The van der Waals surface area contributed by atoms with E-state index in [4.69, 9.17) is 0 Å². The van der Waals surface area contributed by atoms with E-state index in [1.165, 1.54) is 5.56 Å². The van der Waals surface area contributed by atoms with Gasteiger partial charge in [0.25, 0.3) is 0 Å². The van der Waals surface area contributed by atoms with Gasteiger partial charge in [-0.2, -0.15) is 0 Å². The van der Waals surface area contributed by atoms with E-state index in [1.807, 2.05) is 19.3 Å². The average molecular weight is 367 g/mol. The second-order valence-corrected chi connectivity index (χ2v) is 7.00. The Hall–Kier alpha value is -2.93. The molecule has 3 aromatic rings. The molecular weight excluding hydrogens is 342 g/mol. The van der Waals surface area contributed by atoms with Gasteiger partial charge < -0.3 is 20.2 Å². The van der Waals surface area contributed by atoms with E-state index in [-0.39, 0.29) is 17.6 Å². The molecule has 0 spiro atoms. The first kappa shape index (κ1) is 18.8. The van der Waals surface area contributed by atoms with Gasteiger partial charge in [-0.25, -0.2) is 4.79 Å². The summed E-state index contributed by atoms with van der Waals surface area (Å²) in [5.74, 6) is -0.0556. The number of anilines is 1. The van der Waals surface area contributed by atoms with Crippen LogP contribution in [0, 0.1) is 6.92 Å². The molecule has 1 atom stereocenters. The number of amides is 1. The number of hydrogen-bond acceptors (Lipinski definition) is 4. The highest BCUT2D eigenvalue weighted by atomic mass is 16.1. The van der Waals surface area contributed by atoms with Crippen LogP contribution in [0.5, 0.6) is 0 Å². The monoisotopic (exact) mass is 367 g/mol. The number of nitrogens with one attached hydrogen (secondary N) is 3. The number of carbonyl (C=O) groups is 1. The topological polar surface area (TPSA) is 93.9 Å². The van der Waals surface area contributed by atoms with Crippen LogP contribution < -0.4 is 11.0 Å². The predicted octanol–water partition coefficient (Wildman–Crippen LogP) is 2.45. The number of fused-ring (bicyclic) bond motifs is 1. The second kappa shape index (κ2) is 8.18.